The van der Waals surface area contributed by atoms with E-state index in [0.29, 0.717) is 23.1 Å². The van der Waals surface area contributed by atoms with Crippen LogP contribution in [-0.2, 0) is 13.1 Å². The molecular weight excluding hydrogens is 266 g/mol. The van der Waals surface area contributed by atoms with Gasteiger partial charge in [0.2, 0.25) is 0 Å². The van der Waals surface area contributed by atoms with Gasteiger partial charge >= 0.3 is 0 Å². The number of rotatable bonds is 6. The Balaban J connectivity index is 2.02. The van der Waals surface area contributed by atoms with Crippen LogP contribution >= 0.6 is 11.6 Å². The maximum absolute atomic E-state index is 6.14. The van der Waals surface area contributed by atoms with E-state index < -0.39 is 0 Å². The van der Waals surface area contributed by atoms with Gasteiger partial charge in [-0.15, -0.1) is 0 Å². The summed E-state index contributed by atoms with van der Waals surface area (Å²) in [6, 6.07) is 3.78. The van der Waals surface area contributed by atoms with E-state index in [1.54, 1.807) is 20.4 Å². The van der Waals surface area contributed by atoms with E-state index in [-0.39, 0.29) is 0 Å². The molecule has 0 unspecified atom stereocenters. The third-order valence-electron chi connectivity index (χ3n) is 2.71. The van der Waals surface area contributed by atoms with Crippen LogP contribution in [0.2, 0.25) is 5.02 Å². The second-order valence-electron chi connectivity index (χ2n) is 4.02. The molecule has 0 saturated heterocycles. The molecule has 6 heteroatoms. The first kappa shape index (κ1) is 13.7. The molecule has 0 bridgehead atoms. The summed E-state index contributed by atoms with van der Waals surface area (Å²) in [7, 11) is 3.16. The SMILES string of the molecule is COc1cc(CNCc2cn[nH]c2)cc(Cl)c1OC. The van der Waals surface area contributed by atoms with E-state index in [1.807, 2.05) is 18.3 Å². The van der Waals surface area contributed by atoms with Crippen molar-refractivity contribution in [3.63, 3.8) is 0 Å². The van der Waals surface area contributed by atoms with Gasteiger partial charge in [-0.3, -0.25) is 5.10 Å². The highest BCUT2D eigenvalue weighted by Crippen LogP contribution is 2.35. The normalized spacial score (nSPS) is 10.5. The van der Waals surface area contributed by atoms with E-state index >= 15 is 0 Å². The van der Waals surface area contributed by atoms with Crippen LogP contribution in [0.3, 0.4) is 0 Å². The summed E-state index contributed by atoms with van der Waals surface area (Å²) < 4.78 is 10.5. The Morgan fingerprint density at radius 1 is 1.21 bits per heavy atom. The van der Waals surface area contributed by atoms with Crippen molar-refractivity contribution in [1.82, 2.24) is 15.5 Å². The zero-order chi connectivity index (χ0) is 13.7. The molecule has 0 aliphatic rings. The number of aromatic amines is 1. The molecule has 2 rings (SSSR count). The van der Waals surface area contributed by atoms with Gasteiger partial charge in [0.15, 0.2) is 11.5 Å². The highest BCUT2D eigenvalue weighted by molar-refractivity contribution is 6.32. The van der Waals surface area contributed by atoms with Crippen LogP contribution in [0.25, 0.3) is 0 Å². The first-order valence-electron chi connectivity index (χ1n) is 5.83. The monoisotopic (exact) mass is 281 g/mol. The topological polar surface area (TPSA) is 59.2 Å². The van der Waals surface area contributed by atoms with Gasteiger partial charge < -0.3 is 14.8 Å². The third kappa shape index (κ3) is 3.39. The first-order chi connectivity index (χ1) is 9.24. The third-order valence-corrected chi connectivity index (χ3v) is 2.99. The molecule has 0 atom stereocenters. The smallest absolute Gasteiger partial charge is 0.179 e. The fraction of sp³-hybridized carbons (Fsp3) is 0.308. The molecule has 1 aromatic carbocycles. The van der Waals surface area contributed by atoms with Crippen molar-refractivity contribution in [2.45, 2.75) is 13.1 Å². The lowest BCUT2D eigenvalue weighted by molar-refractivity contribution is 0.354. The summed E-state index contributed by atoms with van der Waals surface area (Å²) >= 11 is 6.14. The average Bonchev–Trinajstić information content (AvgIpc) is 2.91. The quantitative estimate of drug-likeness (QED) is 0.853. The molecule has 0 amide bonds. The highest BCUT2D eigenvalue weighted by Gasteiger charge is 2.10. The number of methoxy groups -OCH3 is 2. The second kappa shape index (κ2) is 6.45. The number of ether oxygens (including phenoxy) is 2. The van der Waals surface area contributed by atoms with Crippen LogP contribution in [0, 0.1) is 0 Å². The van der Waals surface area contributed by atoms with Crippen LogP contribution in [-0.4, -0.2) is 24.4 Å². The number of nitrogens with one attached hydrogen (secondary N) is 2. The molecule has 0 fully saturated rings. The van der Waals surface area contributed by atoms with Gasteiger partial charge in [-0.05, 0) is 17.7 Å². The second-order valence-corrected chi connectivity index (χ2v) is 4.43. The molecule has 102 valence electrons. The summed E-state index contributed by atoms with van der Waals surface area (Å²) in [5.74, 6) is 1.19. The van der Waals surface area contributed by atoms with Crippen LogP contribution < -0.4 is 14.8 Å². The molecule has 1 aromatic heterocycles. The summed E-state index contributed by atoms with van der Waals surface area (Å²) in [4.78, 5) is 0. The van der Waals surface area contributed by atoms with Gasteiger partial charge in [0.05, 0.1) is 25.4 Å². The predicted octanol–water partition coefficient (Wildman–Crippen LogP) is 2.37. The van der Waals surface area contributed by atoms with Crippen molar-refractivity contribution >= 4 is 11.6 Å². The lowest BCUT2D eigenvalue weighted by atomic mass is 10.2. The number of halogens is 1. The van der Waals surface area contributed by atoms with Gasteiger partial charge in [0.25, 0.3) is 0 Å². The number of H-pyrrole nitrogens is 1. The Morgan fingerprint density at radius 2 is 2.00 bits per heavy atom. The van der Waals surface area contributed by atoms with Crippen molar-refractivity contribution in [2.24, 2.45) is 0 Å². The molecule has 2 aromatic rings. The standard InChI is InChI=1S/C13H16ClN3O2/c1-18-12-4-9(3-11(14)13(12)19-2)5-15-6-10-7-16-17-8-10/h3-4,7-8,15H,5-6H2,1-2H3,(H,16,17). The zero-order valence-electron chi connectivity index (χ0n) is 10.9. The van der Waals surface area contributed by atoms with Crippen molar-refractivity contribution in [2.75, 3.05) is 14.2 Å². The van der Waals surface area contributed by atoms with E-state index in [0.717, 1.165) is 17.7 Å². The van der Waals surface area contributed by atoms with E-state index in [2.05, 4.69) is 15.5 Å². The minimum absolute atomic E-state index is 0.543. The lowest BCUT2D eigenvalue weighted by Crippen LogP contribution is -2.12. The van der Waals surface area contributed by atoms with Crippen LogP contribution in [0.15, 0.2) is 24.5 Å². The van der Waals surface area contributed by atoms with Gasteiger partial charge in [0.1, 0.15) is 0 Å². The Bertz CT molecular complexity index is 529. The molecule has 2 N–H and O–H groups in total. The van der Waals surface area contributed by atoms with Crippen molar-refractivity contribution in [3.8, 4) is 11.5 Å². The summed E-state index contributed by atoms with van der Waals surface area (Å²) in [5, 5.41) is 10.5. The molecule has 0 radical (unpaired) electrons. The fourth-order valence-corrected chi connectivity index (χ4v) is 2.11. The Hall–Kier alpha value is -1.72. The highest BCUT2D eigenvalue weighted by atomic mass is 35.5. The van der Waals surface area contributed by atoms with Crippen molar-refractivity contribution in [3.05, 3.63) is 40.7 Å². The first-order valence-corrected chi connectivity index (χ1v) is 6.21. The lowest BCUT2D eigenvalue weighted by Gasteiger charge is -2.12. The average molecular weight is 282 g/mol. The van der Waals surface area contributed by atoms with Gasteiger partial charge in [-0.1, -0.05) is 11.6 Å². The van der Waals surface area contributed by atoms with Crippen LogP contribution in [0.4, 0.5) is 0 Å². The zero-order valence-corrected chi connectivity index (χ0v) is 11.6. The largest absolute Gasteiger partial charge is 0.493 e. The van der Waals surface area contributed by atoms with E-state index in [1.165, 1.54) is 0 Å². The van der Waals surface area contributed by atoms with Gasteiger partial charge in [-0.2, -0.15) is 5.10 Å². The molecular formula is C13H16ClN3O2. The number of hydrogen-bond acceptors (Lipinski definition) is 4. The van der Waals surface area contributed by atoms with Gasteiger partial charge in [0, 0.05) is 24.8 Å². The summed E-state index contributed by atoms with van der Waals surface area (Å²) in [6.07, 6.45) is 3.64. The maximum atomic E-state index is 6.14. The van der Waals surface area contributed by atoms with Crippen LogP contribution in [0.1, 0.15) is 11.1 Å². The number of nitrogens with zero attached hydrogens (tertiary/aromatic N) is 1. The van der Waals surface area contributed by atoms with E-state index in [9.17, 15) is 0 Å². The number of hydrogen-bond donors (Lipinski definition) is 2. The molecule has 1 heterocycles. The fourth-order valence-electron chi connectivity index (χ4n) is 1.80. The molecule has 0 aliphatic heterocycles. The molecule has 0 aliphatic carbocycles. The Labute approximate surface area is 116 Å². The molecule has 0 saturated carbocycles. The predicted molar refractivity (Wildman–Crippen MR) is 73.7 cm³/mol. The molecule has 0 spiro atoms. The maximum Gasteiger partial charge on any atom is 0.179 e. The summed E-state index contributed by atoms with van der Waals surface area (Å²) in [6.45, 7) is 1.42. The van der Waals surface area contributed by atoms with Crippen LogP contribution in [0.5, 0.6) is 11.5 Å². The number of benzene rings is 1. The molecule has 19 heavy (non-hydrogen) atoms. The summed E-state index contributed by atoms with van der Waals surface area (Å²) in [5.41, 5.74) is 2.14. The van der Waals surface area contributed by atoms with E-state index in [4.69, 9.17) is 21.1 Å². The Morgan fingerprint density at radius 3 is 2.63 bits per heavy atom. The molecule has 5 nitrogen and oxygen atoms in total. The minimum atomic E-state index is 0.543. The van der Waals surface area contributed by atoms with Crippen molar-refractivity contribution < 1.29 is 9.47 Å². The number of aromatic nitrogens is 2. The van der Waals surface area contributed by atoms with Gasteiger partial charge in [-0.25, -0.2) is 0 Å². The van der Waals surface area contributed by atoms with Crippen molar-refractivity contribution in [1.29, 1.82) is 0 Å². The Kier molecular flexibility index (Phi) is 4.65. The minimum Gasteiger partial charge on any atom is -0.493 e.